The molecular weight excluding hydrogens is 743 g/mol. The van der Waals surface area contributed by atoms with Gasteiger partial charge in [0.25, 0.3) is 0 Å². The third-order valence-corrected chi connectivity index (χ3v) is 13.8. The van der Waals surface area contributed by atoms with Gasteiger partial charge in [-0.15, -0.1) is 0 Å². The maximum atomic E-state index is 7.13. The number of para-hydroxylation sites is 2. The first-order valence-electron chi connectivity index (χ1n) is 21.2. The summed E-state index contributed by atoms with van der Waals surface area (Å²) in [4.78, 5) is 2.27. The van der Waals surface area contributed by atoms with Crippen LogP contribution in [0, 0.1) is 0 Å². The maximum Gasteiger partial charge on any atom is 0.194 e. The second-order valence-corrected chi connectivity index (χ2v) is 17.1. The van der Waals surface area contributed by atoms with Crippen molar-refractivity contribution in [3.05, 3.63) is 234 Å². The zero-order valence-corrected chi connectivity index (χ0v) is 33.8. The Labute approximate surface area is 355 Å². The topological polar surface area (TPSA) is 21.7 Å². The third-order valence-electron chi connectivity index (χ3n) is 13.8. The average molecular weight is 782 g/mol. The van der Waals surface area contributed by atoms with Crippen molar-refractivity contribution in [1.82, 2.24) is 0 Å². The standard InChI is InChI=1S/C58H39NO2/c1-57(2)44-23-10-8-20-42(44)53-39(22-14-27-48(53)57)36-30-32-38(33-31-36)59(37-16-4-3-5-17-37)50-28-15-29-51-55(50)60-52-35-34-49-54(56(52)61-51)43-21-9-13-26-47(43)58(49)45-24-11-6-18-40(45)41-19-7-12-25-46(41)58/h3-35H,1-2H3. The van der Waals surface area contributed by atoms with Crippen LogP contribution in [-0.4, -0.2) is 0 Å². The van der Waals surface area contributed by atoms with E-state index >= 15 is 0 Å². The molecule has 0 fully saturated rings. The van der Waals surface area contributed by atoms with Gasteiger partial charge in [-0.1, -0.05) is 172 Å². The Hall–Kier alpha value is -7.62. The van der Waals surface area contributed by atoms with Gasteiger partial charge in [0.2, 0.25) is 0 Å². The second-order valence-electron chi connectivity index (χ2n) is 17.1. The van der Waals surface area contributed by atoms with Crippen LogP contribution in [0.1, 0.15) is 47.2 Å². The molecule has 0 aromatic heterocycles. The van der Waals surface area contributed by atoms with Crippen LogP contribution in [0.4, 0.5) is 17.1 Å². The minimum absolute atomic E-state index is 0.0582. The lowest BCUT2D eigenvalue weighted by Crippen LogP contribution is -2.25. The predicted molar refractivity (Wildman–Crippen MR) is 247 cm³/mol. The Bertz CT molecular complexity index is 3240. The molecule has 0 atom stereocenters. The minimum Gasteiger partial charge on any atom is -0.449 e. The molecular formula is C58H39NO2. The largest absolute Gasteiger partial charge is 0.449 e. The highest BCUT2D eigenvalue weighted by molar-refractivity contribution is 5.98. The van der Waals surface area contributed by atoms with Crippen molar-refractivity contribution in [3.8, 4) is 67.5 Å². The van der Waals surface area contributed by atoms with Crippen molar-refractivity contribution in [2.75, 3.05) is 4.90 Å². The van der Waals surface area contributed by atoms with Crippen LogP contribution in [-0.2, 0) is 10.8 Å². The molecule has 1 spiro atoms. The van der Waals surface area contributed by atoms with Crippen molar-refractivity contribution in [2.45, 2.75) is 24.7 Å². The SMILES string of the molecule is CC1(C)c2ccccc2-c2c(-c3ccc(N(c4ccccc4)c4cccc5c4Oc4ccc6c(c4O5)-c4ccccc4C64c5ccccc5-c5ccccc54)cc3)cccc21. The Morgan fingerprint density at radius 2 is 0.852 bits per heavy atom. The van der Waals surface area contributed by atoms with Crippen molar-refractivity contribution in [3.63, 3.8) is 0 Å². The fraction of sp³-hybridized carbons (Fsp3) is 0.0690. The lowest BCUT2D eigenvalue weighted by Gasteiger charge is -2.32. The third kappa shape index (κ3) is 4.53. The maximum absolute atomic E-state index is 7.13. The van der Waals surface area contributed by atoms with E-state index in [0.717, 1.165) is 28.4 Å². The summed E-state index contributed by atoms with van der Waals surface area (Å²) in [7, 11) is 0. The number of nitrogens with zero attached hydrogens (tertiary/aromatic N) is 1. The Morgan fingerprint density at radius 3 is 1.56 bits per heavy atom. The normalized spacial score (nSPS) is 14.6. The number of benzene rings is 9. The van der Waals surface area contributed by atoms with Crippen LogP contribution in [0.25, 0.3) is 44.5 Å². The van der Waals surface area contributed by atoms with Gasteiger partial charge in [0.15, 0.2) is 23.0 Å². The molecule has 0 N–H and O–H groups in total. The van der Waals surface area contributed by atoms with Gasteiger partial charge in [0, 0.05) is 22.4 Å². The Kier molecular flexibility index (Phi) is 6.99. The summed E-state index contributed by atoms with van der Waals surface area (Å²) in [5.41, 5.74) is 20.2. The molecule has 0 amide bonds. The number of anilines is 3. The smallest absolute Gasteiger partial charge is 0.194 e. The fourth-order valence-corrected chi connectivity index (χ4v) is 11.2. The van der Waals surface area contributed by atoms with Gasteiger partial charge >= 0.3 is 0 Å². The molecule has 13 rings (SSSR count). The molecule has 3 aliphatic carbocycles. The van der Waals surface area contributed by atoms with Gasteiger partial charge in [-0.3, -0.25) is 0 Å². The summed E-state index contributed by atoms with van der Waals surface area (Å²) in [6.45, 7) is 4.67. The summed E-state index contributed by atoms with van der Waals surface area (Å²) in [5, 5.41) is 0. The van der Waals surface area contributed by atoms with E-state index in [1.807, 2.05) is 6.07 Å². The molecule has 3 nitrogen and oxygen atoms in total. The lowest BCUT2D eigenvalue weighted by molar-refractivity contribution is 0.361. The summed E-state index contributed by atoms with van der Waals surface area (Å²) in [6, 6.07) is 72.3. The van der Waals surface area contributed by atoms with Crippen LogP contribution in [0.3, 0.4) is 0 Å². The molecule has 9 aromatic rings. The van der Waals surface area contributed by atoms with E-state index in [9.17, 15) is 0 Å². The lowest BCUT2D eigenvalue weighted by atomic mass is 9.70. The fourth-order valence-electron chi connectivity index (χ4n) is 11.2. The molecule has 0 unspecified atom stereocenters. The van der Waals surface area contributed by atoms with Crippen LogP contribution in [0.2, 0.25) is 0 Å². The van der Waals surface area contributed by atoms with Crippen LogP contribution < -0.4 is 14.4 Å². The molecule has 0 bridgehead atoms. The second kappa shape index (κ2) is 12.5. The molecule has 4 aliphatic rings. The van der Waals surface area contributed by atoms with Gasteiger partial charge < -0.3 is 14.4 Å². The van der Waals surface area contributed by atoms with Crippen molar-refractivity contribution >= 4 is 17.1 Å². The molecule has 1 aliphatic heterocycles. The average Bonchev–Trinajstić information content (AvgIpc) is 3.88. The first-order valence-corrected chi connectivity index (χ1v) is 21.2. The van der Waals surface area contributed by atoms with Gasteiger partial charge in [-0.05, 0) is 115 Å². The number of hydrogen-bond acceptors (Lipinski definition) is 3. The minimum atomic E-state index is -0.463. The summed E-state index contributed by atoms with van der Waals surface area (Å²) in [5.74, 6) is 2.82. The van der Waals surface area contributed by atoms with E-state index in [-0.39, 0.29) is 5.41 Å². The molecule has 61 heavy (non-hydrogen) atoms. The number of hydrogen-bond donors (Lipinski definition) is 0. The van der Waals surface area contributed by atoms with Crippen LogP contribution >= 0.6 is 0 Å². The summed E-state index contributed by atoms with van der Waals surface area (Å²) >= 11 is 0. The van der Waals surface area contributed by atoms with E-state index < -0.39 is 5.41 Å². The van der Waals surface area contributed by atoms with Gasteiger partial charge in [-0.2, -0.15) is 0 Å². The molecule has 0 saturated heterocycles. The first-order chi connectivity index (χ1) is 30.0. The first kappa shape index (κ1) is 34.3. The monoisotopic (exact) mass is 781 g/mol. The zero-order chi connectivity index (χ0) is 40.5. The summed E-state index contributed by atoms with van der Waals surface area (Å²) in [6.07, 6.45) is 0. The van der Waals surface area contributed by atoms with Crippen LogP contribution in [0.5, 0.6) is 23.0 Å². The molecule has 0 radical (unpaired) electrons. The molecule has 9 aromatic carbocycles. The predicted octanol–water partition coefficient (Wildman–Crippen LogP) is 15.4. The molecule has 0 saturated carbocycles. The van der Waals surface area contributed by atoms with E-state index in [0.29, 0.717) is 17.2 Å². The van der Waals surface area contributed by atoms with E-state index in [2.05, 4.69) is 213 Å². The van der Waals surface area contributed by atoms with Gasteiger partial charge in [0.1, 0.15) is 0 Å². The Morgan fingerprint density at radius 1 is 0.344 bits per heavy atom. The summed E-state index contributed by atoms with van der Waals surface area (Å²) < 4.78 is 14.2. The van der Waals surface area contributed by atoms with Crippen LogP contribution in [0.15, 0.2) is 200 Å². The highest BCUT2D eigenvalue weighted by Gasteiger charge is 2.53. The molecule has 1 heterocycles. The van der Waals surface area contributed by atoms with Gasteiger partial charge in [-0.25, -0.2) is 0 Å². The van der Waals surface area contributed by atoms with Gasteiger partial charge in [0.05, 0.1) is 11.1 Å². The van der Waals surface area contributed by atoms with E-state index in [4.69, 9.17) is 9.47 Å². The highest BCUT2D eigenvalue weighted by Crippen LogP contribution is 2.67. The Balaban J connectivity index is 0.934. The molecule has 3 heteroatoms. The zero-order valence-electron chi connectivity index (χ0n) is 33.8. The van der Waals surface area contributed by atoms with E-state index in [1.54, 1.807) is 0 Å². The van der Waals surface area contributed by atoms with Crippen molar-refractivity contribution in [2.24, 2.45) is 0 Å². The van der Waals surface area contributed by atoms with Crippen molar-refractivity contribution in [1.29, 1.82) is 0 Å². The number of rotatable bonds is 4. The quantitative estimate of drug-likeness (QED) is 0.177. The number of fused-ring (bicyclic) bond motifs is 16. The van der Waals surface area contributed by atoms with Crippen molar-refractivity contribution < 1.29 is 9.47 Å². The van der Waals surface area contributed by atoms with E-state index in [1.165, 1.54) is 72.3 Å². The molecule has 288 valence electrons. The number of ether oxygens (including phenoxy) is 2. The highest BCUT2D eigenvalue weighted by atomic mass is 16.6.